The molecule has 1 unspecified atom stereocenters. The summed E-state index contributed by atoms with van der Waals surface area (Å²) in [6.07, 6.45) is 0. The van der Waals surface area contributed by atoms with Gasteiger partial charge in [0.15, 0.2) is 0 Å². The van der Waals surface area contributed by atoms with Crippen molar-refractivity contribution in [1.29, 1.82) is 0 Å². The molecule has 1 N–H and O–H groups in total. The van der Waals surface area contributed by atoms with Crippen molar-refractivity contribution in [3.05, 3.63) is 28.3 Å². The number of nitrogens with zero attached hydrogens (tertiary/aromatic N) is 2. The van der Waals surface area contributed by atoms with Crippen molar-refractivity contribution in [3.63, 3.8) is 0 Å². The highest BCUT2D eigenvalue weighted by Crippen LogP contribution is 2.37. The van der Waals surface area contributed by atoms with Crippen LogP contribution in [-0.4, -0.2) is 35.6 Å². The topological polar surface area (TPSA) is 58.4 Å². The Labute approximate surface area is 117 Å². The van der Waals surface area contributed by atoms with Gasteiger partial charge in [0.25, 0.3) is 0 Å². The van der Waals surface area contributed by atoms with Crippen LogP contribution in [0.2, 0.25) is 0 Å². The summed E-state index contributed by atoms with van der Waals surface area (Å²) in [5, 5.41) is 15.0. The summed E-state index contributed by atoms with van der Waals surface area (Å²) in [6, 6.07) is 5.50. The fraction of sp³-hybridized carbons (Fsp3) is 0.538. The summed E-state index contributed by atoms with van der Waals surface area (Å²) in [7, 11) is 0. The fourth-order valence-electron chi connectivity index (χ4n) is 2.35. The number of hydrogen-bond donors (Lipinski definition) is 1. The first-order valence-corrected chi connectivity index (χ1v) is 7.56. The number of anilines is 2. The van der Waals surface area contributed by atoms with E-state index >= 15 is 0 Å². The first kappa shape index (κ1) is 14.0. The molecule has 1 aromatic rings. The number of para-hydroxylation sites is 1. The third kappa shape index (κ3) is 3.12. The van der Waals surface area contributed by atoms with Crippen molar-refractivity contribution in [1.82, 2.24) is 0 Å². The molecule has 1 atom stereocenters. The molecule has 0 bridgehead atoms. The monoisotopic (exact) mass is 281 g/mol. The van der Waals surface area contributed by atoms with Crippen molar-refractivity contribution < 1.29 is 4.92 Å². The van der Waals surface area contributed by atoms with Crippen molar-refractivity contribution >= 4 is 28.8 Å². The third-order valence-corrected chi connectivity index (χ3v) is 4.28. The van der Waals surface area contributed by atoms with Crippen molar-refractivity contribution in [2.24, 2.45) is 0 Å². The Morgan fingerprint density at radius 1 is 1.58 bits per heavy atom. The molecule has 1 fully saturated rings. The van der Waals surface area contributed by atoms with Gasteiger partial charge in [-0.2, -0.15) is 11.8 Å². The van der Waals surface area contributed by atoms with E-state index in [4.69, 9.17) is 0 Å². The molecule has 0 saturated carbocycles. The zero-order valence-corrected chi connectivity index (χ0v) is 12.1. The molecule has 104 valence electrons. The molecule has 1 aliphatic heterocycles. The number of thioether (sulfide) groups is 1. The lowest BCUT2D eigenvalue weighted by Crippen LogP contribution is -2.37. The van der Waals surface area contributed by atoms with Crippen molar-refractivity contribution in [2.75, 3.05) is 35.6 Å². The van der Waals surface area contributed by atoms with E-state index in [-0.39, 0.29) is 10.6 Å². The highest BCUT2D eigenvalue weighted by atomic mass is 32.2. The van der Waals surface area contributed by atoms with Crippen LogP contribution in [0.15, 0.2) is 18.2 Å². The minimum atomic E-state index is -0.278. The van der Waals surface area contributed by atoms with Crippen LogP contribution in [-0.2, 0) is 0 Å². The van der Waals surface area contributed by atoms with Crippen molar-refractivity contribution in [2.45, 2.75) is 19.1 Å². The van der Waals surface area contributed by atoms with Crippen LogP contribution in [0.3, 0.4) is 0 Å². The van der Waals surface area contributed by atoms with E-state index in [2.05, 4.69) is 17.1 Å². The second-order valence-electron chi connectivity index (χ2n) is 4.59. The number of rotatable bonds is 4. The van der Waals surface area contributed by atoms with Gasteiger partial charge in [0.2, 0.25) is 0 Å². The lowest BCUT2D eigenvalue weighted by molar-refractivity contribution is -0.383. The summed E-state index contributed by atoms with van der Waals surface area (Å²) >= 11 is 1.92. The number of nitro groups is 1. The number of nitro benzene ring substituents is 1. The summed E-state index contributed by atoms with van der Waals surface area (Å²) in [4.78, 5) is 13.2. The molecule has 1 saturated heterocycles. The maximum Gasteiger partial charge on any atom is 0.315 e. The molecular weight excluding hydrogens is 262 g/mol. The maximum absolute atomic E-state index is 11.4. The van der Waals surface area contributed by atoms with Crippen LogP contribution in [0.5, 0.6) is 0 Å². The van der Waals surface area contributed by atoms with Crippen LogP contribution in [0.4, 0.5) is 17.1 Å². The molecule has 5 nitrogen and oxygen atoms in total. The molecule has 6 heteroatoms. The van der Waals surface area contributed by atoms with Gasteiger partial charge in [-0.15, -0.1) is 0 Å². The summed E-state index contributed by atoms with van der Waals surface area (Å²) in [6.45, 7) is 6.51. The van der Waals surface area contributed by atoms with Crippen LogP contribution >= 0.6 is 11.8 Å². The minimum absolute atomic E-state index is 0.198. The second kappa shape index (κ2) is 6.14. The number of nitrogens with one attached hydrogen (secondary N) is 1. The number of hydrogen-bond acceptors (Lipinski definition) is 5. The quantitative estimate of drug-likeness (QED) is 0.679. The molecule has 1 aliphatic rings. The lowest BCUT2D eigenvalue weighted by atomic mass is 10.2. The summed E-state index contributed by atoms with van der Waals surface area (Å²) < 4.78 is 0. The first-order valence-electron chi connectivity index (χ1n) is 6.51. The normalized spacial score (nSPS) is 19.3. The molecule has 1 heterocycles. The Hall–Kier alpha value is -1.43. The Bertz CT molecular complexity index is 467. The van der Waals surface area contributed by atoms with Crippen LogP contribution in [0.25, 0.3) is 0 Å². The zero-order chi connectivity index (χ0) is 13.8. The smallest absolute Gasteiger partial charge is 0.315 e. The maximum atomic E-state index is 11.4. The third-order valence-electron chi connectivity index (χ3n) is 3.15. The lowest BCUT2D eigenvalue weighted by Gasteiger charge is -2.32. The fourth-order valence-corrected chi connectivity index (χ4v) is 3.36. The zero-order valence-electron chi connectivity index (χ0n) is 11.3. The van der Waals surface area contributed by atoms with Crippen LogP contribution in [0, 0.1) is 10.1 Å². The predicted molar refractivity (Wildman–Crippen MR) is 81.4 cm³/mol. The van der Waals surface area contributed by atoms with Crippen LogP contribution in [0.1, 0.15) is 13.8 Å². The Morgan fingerprint density at radius 3 is 3.00 bits per heavy atom. The van der Waals surface area contributed by atoms with E-state index in [1.54, 1.807) is 6.07 Å². The van der Waals surface area contributed by atoms with Gasteiger partial charge in [0.1, 0.15) is 11.4 Å². The summed E-state index contributed by atoms with van der Waals surface area (Å²) in [5.41, 5.74) is 1.54. The molecule has 2 rings (SSSR count). The molecule has 1 aromatic carbocycles. The van der Waals surface area contributed by atoms with Gasteiger partial charge in [-0.05, 0) is 19.1 Å². The highest BCUT2D eigenvalue weighted by Gasteiger charge is 2.26. The van der Waals surface area contributed by atoms with E-state index < -0.39 is 0 Å². The van der Waals surface area contributed by atoms with E-state index in [0.717, 1.165) is 24.5 Å². The largest absolute Gasteiger partial charge is 0.380 e. The van der Waals surface area contributed by atoms with E-state index in [1.165, 1.54) is 0 Å². The van der Waals surface area contributed by atoms with Crippen LogP contribution < -0.4 is 10.2 Å². The van der Waals surface area contributed by atoms with Gasteiger partial charge in [-0.1, -0.05) is 13.0 Å². The average Bonchev–Trinajstić information content (AvgIpc) is 2.38. The predicted octanol–water partition coefficient (Wildman–Crippen LogP) is 2.97. The summed E-state index contributed by atoms with van der Waals surface area (Å²) in [5.74, 6) is 1.02. The molecule has 0 radical (unpaired) electrons. The van der Waals surface area contributed by atoms with Gasteiger partial charge in [-0.25, -0.2) is 0 Å². The van der Waals surface area contributed by atoms with Gasteiger partial charge >= 0.3 is 5.69 Å². The van der Waals surface area contributed by atoms with Gasteiger partial charge < -0.3 is 10.2 Å². The average molecular weight is 281 g/mol. The molecule has 0 amide bonds. The molecule has 0 aliphatic carbocycles. The van der Waals surface area contributed by atoms with Gasteiger partial charge in [0.05, 0.1) is 4.92 Å². The van der Waals surface area contributed by atoms with E-state index in [0.29, 0.717) is 17.5 Å². The van der Waals surface area contributed by atoms with Gasteiger partial charge in [-0.3, -0.25) is 10.1 Å². The van der Waals surface area contributed by atoms with Crippen molar-refractivity contribution in [3.8, 4) is 0 Å². The molecule has 0 aromatic heterocycles. The molecular formula is C13H19N3O2S. The highest BCUT2D eigenvalue weighted by molar-refractivity contribution is 8.00. The molecule has 0 spiro atoms. The standard InChI is InChI=1S/C13H19N3O2S/c1-3-14-11-5-4-6-12(13(11)16(17)18)15-7-8-19-10(2)9-15/h4-6,10,14H,3,7-9H2,1-2H3. The Kier molecular flexibility index (Phi) is 4.52. The van der Waals surface area contributed by atoms with Gasteiger partial charge in [0, 0.05) is 30.6 Å². The minimum Gasteiger partial charge on any atom is -0.380 e. The Morgan fingerprint density at radius 2 is 2.37 bits per heavy atom. The first-order chi connectivity index (χ1) is 9.13. The second-order valence-corrected chi connectivity index (χ2v) is 6.13. The number of benzene rings is 1. The van der Waals surface area contributed by atoms with E-state index in [1.807, 2.05) is 30.8 Å². The SMILES string of the molecule is CCNc1cccc(N2CCSC(C)C2)c1[N+](=O)[O-]. The molecule has 19 heavy (non-hydrogen) atoms. The van der Waals surface area contributed by atoms with E-state index in [9.17, 15) is 10.1 Å². The Balaban J connectivity index is 2.38.